The molecule has 2 aromatic rings. The van der Waals surface area contributed by atoms with Crippen molar-refractivity contribution in [2.24, 2.45) is 5.92 Å². The second-order valence-corrected chi connectivity index (χ2v) is 7.46. The highest BCUT2D eigenvalue weighted by Crippen LogP contribution is 2.25. The van der Waals surface area contributed by atoms with Gasteiger partial charge in [0, 0.05) is 19.1 Å². The standard InChI is InChI=1S/C21H31N5O/c1-5-14(4)23-21(27)15-9-8-10-26(13-15)16-11-19-20(22-12-16)25-18(7-3)17(6-2)24-19/h11-12,14-15H,5-10,13H2,1-4H3,(H,23,27)/t14-,15-/m1/s1. The molecular formula is C21H31N5O. The summed E-state index contributed by atoms with van der Waals surface area (Å²) in [6, 6.07) is 2.30. The van der Waals surface area contributed by atoms with E-state index in [0.717, 1.165) is 67.8 Å². The van der Waals surface area contributed by atoms with Gasteiger partial charge in [0.25, 0.3) is 0 Å². The van der Waals surface area contributed by atoms with E-state index in [9.17, 15) is 4.79 Å². The summed E-state index contributed by atoms with van der Waals surface area (Å²) < 4.78 is 0. The van der Waals surface area contributed by atoms with E-state index < -0.39 is 0 Å². The van der Waals surface area contributed by atoms with E-state index in [4.69, 9.17) is 4.98 Å². The van der Waals surface area contributed by atoms with Crippen LogP contribution in [0.2, 0.25) is 0 Å². The number of piperidine rings is 1. The molecule has 0 saturated carbocycles. The Morgan fingerprint density at radius 1 is 1.26 bits per heavy atom. The smallest absolute Gasteiger partial charge is 0.225 e. The predicted molar refractivity (Wildman–Crippen MR) is 109 cm³/mol. The predicted octanol–water partition coefficient (Wildman–Crippen LogP) is 3.28. The van der Waals surface area contributed by atoms with Gasteiger partial charge in [-0.25, -0.2) is 15.0 Å². The number of hydrogen-bond donors (Lipinski definition) is 1. The van der Waals surface area contributed by atoms with Crippen molar-refractivity contribution < 1.29 is 4.79 Å². The monoisotopic (exact) mass is 369 g/mol. The Kier molecular flexibility index (Phi) is 6.24. The molecule has 0 aromatic carbocycles. The Hall–Kier alpha value is -2.24. The molecule has 27 heavy (non-hydrogen) atoms. The molecule has 1 saturated heterocycles. The number of anilines is 1. The molecule has 1 amide bonds. The van der Waals surface area contributed by atoms with Crippen molar-refractivity contribution in [3.8, 4) is 0 Å². The summed E-state index contributed by atoms with van der Waals surface area (Å²) in [7, 11) is 0. The molecular weight excluding hydrogens is 338 g/mol. The van der Waals surface area contributed by atoms with Gasteiger partial charge in [0.15, 0.2) is 5.65 Å². The van der Waals surface area contributed by atoms with E-state index in [0.29, 0.717) is 5.65 Å². The van der Waals surface area contributed by atoms with Crippen LogP contribution in [0.1, 0.15) is 58.3 Å². The van der Waals surface area contributed by atoms with Crippen LogP contribution in [0.3, 0.4) is 0 Å². The van der Waals surface area contributed by atoms with Crippen LogP contribution in [0.25, 0.3) is 11.2 Å². The molecule has 0 aliphatic carbocycles. The molecule has 3 rings (SSSR count). The van der Waals surface area contributed by atoms with Crippen LogP contribution in [0.4, 0.5) is 5.69 Å². The molecule has 0 bridgehead atoms. The van der Waals surface area contributed by atoms with Gasteiger partial charge < -0.3 is 10.2 Å². The SMILES string of the molecule is CCc1nc2cc(N3CCC[C@@H](C(=O)N[C@H](C)CC)C3)cnc2nc1CC. The molecule has 2 atom stereocenters. The maximum absolute atomic E-state index is 12.5. The average Bonchev–Trinajstić information content (AvgIpc) is 2.72. The summed E-state index contributed by atoms with van der Waals surface area (Å²) in [5, 5.41) is 3.13. The number of rotatable bonds is 6. The van der Waals surface area contributed by atoms with Gasteiger partial charge in [-0.15, -0.1) is 0 Å². The lowest BCUT2D eigenvalue weighted by Crippen LogP contribution is -2.45. The van der Waals surface area contributed by atoms with E-state index in [1.807, 2.05) is 6.20 Å². The highest BCUT2D eigenvalue weighted by atomic mass is 16.2. The third-order valence-corrected chi connectivity index (χ3v) is 5.49. The number of aryl methyl sites for hydroxylation is 2. The molecule has 0 radical (unpaired) electrons. The Labute approximate surface area is 161 Å². The van der Waals surface area contributed by atoms with Crippen LogP contribution < -0.4 is 10.2 Å². The number of aromatic nitrogens is 3. The summed E-state index contributed by atoms with van der Waals surface area (Å²) >= 11 is 0. The second-order valence-electron chi connectivity index (χ2n) is 7.46. The van der Waals surface area contributed by atoms with Crippen molar-refractivity contribution in [3.63, 3.8) is 0 Å². The van der Waals surface area contributed by atoms with E-state index in [1.165, 1.54) is 0 Å². The number of nitrogens with one attached hydrogen (secondary N) is 1. The first-order chi connectivity index (χ1) is 13.0. The van der Waals surface area contributed by atoms with Crippen LogP contribution in [0, 0.1) is 5.92 Å². The molecule has 0 spiro atoms. The number of carbonyl (C=O) groups excluding carboxylic acids is 1. The van der Waals surface area contributed by atoms with E-state index >= 15 is 0 Å². The van der Waals surface area contributed by atoms with Crippen molar-refractivity contribution in [3.05, 3.63) is 23.7 Å². The van der Waals surface area contributed by atoms with Gasteiger partial charge in [0.05, 0.1) is 29.2 Å². The largest absolute Gasteiger partial charge is 0.369 e. The van der Waals surface area contributed by atoms with Crippen LogP contribution in [0.5, 0.6) is 0 Å². The van der Waals surface area contributed by atoms with E-state index in [2.05, 4.69) is 53.9 Å². The number of nitrogens with zero attached hydrogens (tertiary/aromatic N) is 4. The van der Waals surface area contributed by atoms with Crippen LogP contribution in [-0.2, 0) is 17.6 Å². The number of amides is 1. The fourth-order valence-electron chi connectivity index (χ4n) is 3.63. The zero-order valence-corrected chi connectivity index (χ0v) is 17.0. The number of carbonyl (C=O) groups is 1. The third-order valence-electron chi connectivity index (χ3n) is 5.49. The van der Waals surface area contributed by atoms with E-state index in [-0.39, 0.29) is 17.9 Å². The number of pyridine rings is 1. The number of hydrogen-bond acceptors (Lipinski definition) is 5. The highest BCUT2D eigenvalue weighted by Gasteiger charge is 2.27. The van der Waals surface area contributed by atoms with Crippen molar-refractivity contribution in [2.75, 3.05) is 18.0 Å². The first-order valence-electron chi connectivity index (χ1n) is 10.3. The minimum Gasteiger partial charge on any atom is -0.369 e. The van der Waals surface area contributed by atoms with Gasteiger partial charge in [-0.05, 0) is 45.1 Å². The molecule has 3 heterocycles. The molecule has 1 N–H and O–H groups in total. The summed E-state index contributed by atoms with van der Waals surface area (Å²) in [4.78, 5) is 28.8. The normalized spacial score (nSPS) is 18.5. The molecule has 1 fully saturated rings. The first-order valence-corrected chi connectivity index (χ1v) is 10.3. The minimum atomic E-state index is 0.0307. The summed E-state index contributed by atoms with van der Waals surface area (Å²) in [6.07, 6.45) is 6.52. The van der Waals surface area contributed by atoms with Crippen LogP contribution in [-0.4, -0.2) is 40.0 Å². The summed E-state index contributed by atoms with van der Waals surface area (Å²) in [6.45, 7) is 10.0. The Morgan fingerprint density at radius 2 is 2.00 bits per heavy atom. The minimum absolute atomic E-state index is 0.0307. The average molecular weight is 370 g/mol. The summed E-state index contributed by atoms with van der Waals surface area (Å²) in [5.41, 5.74) is 4.66. The lowest BCUT2D eigenvalue weighted by Gasteiger charge is -2.34. The van der Waals surface area contributed by atoms with Crippen LogP contribution >= 0.6 is 0 Å². The van der Waals surface area contributed by atoms with Gasteiger partial charge in [-0.3, -0.25) is 4.79 Å². The lowest BCUT2D eigenvalue weighted by molar-refractivity contribution is -0.125. The highest BCUT2D eigenvalue weighted by molar-refractivity contribution is 5.80. The fourth-order valence-corrected chi connectivity index (χ4v) is 3.63. The molecule has 2 aromatic heterocycles. The molecule has 1 aliphatic heterocycles. The second kappa shape index (κ2) is 8.63. The maximum Gasteiger partial charge on any atom is 0.225 e. The van der Waals surface area contributed by atoms with Crippen molar-refractivity contribution >= 4 is 22.8 Å². The Bertz CT molecular complexity index is 807. The topological polar surface area (TPSA) is 71.0 Å². The van der Waals surface area contributed by atoms with Crippen LogP contribution in [0.15, 0.2) is 12.3 Å². The first kappa shape index (κ1) is 19.5. The molecule has 6 nitrogen and oxygen atoms in total. The van der Waals surface area contributed by atoms with Gasteiger partial charge in [-0.1, -0.05) is 20.8 Å². The van der Waals surface area contributed by atoms with Gasteiger partial charge in [0.2, 0.25) is 5.91 Å². The molecule has 1 aliphatic rings. The zero-order chi connectivity index (χ0) is 19.4. The quantitative estimate of drug-likeness (QED) is 0.846. The molecule has 146 valence electrons. The van der Waals surface area contributed by atoms with Gasteiger partial charge >= 0.3 is 0 Å². The van der Waals surface area contributed by atoms with Gasteiger partial charge in [-0.2, -0.15) is 0 Å². The number of fused-ring (bicyclic) bond motifs is 1. The summed E-state index contributed by atoms with van der Waals surface area (Å²) in [5.74, 6) is 0.201. The Balaban J connectivity index is 1.80. The van der Waals surface area contributed by atoms with Gasteiger partial charge in [0.1, 0.15) is 5.52 Å². The van der Waals surface area contributed by atoms with E-state index in [1.54, 1.807) is 0 Å². The fraction of sp³-hybridized carbons (Fsp3) is 0.619. The van der Waals surface area contributed by atoms with Crippen molar-refractivity contribution in [2.45, 2.75) is 65.8 Å². The van der Waals surface area contributed by atoms with Crippen molar-refractivity contribution in [1.29, 1.82) is 0 Å². The maximum atomic E-state index is 12.5. The zero-order valence-electron chi connectivity index (χ0n) is 17.0. The van der Waals surface area contributed by atoms with Crippen molar-refractivity contribution in [1.82, 2.24) is 20.3 Å². The molecule has 0 unspecified atom stereocenters. The third kappa shape index (κ3) is 4.37. The molecule has 6 heteroatoms. The Morgan fingerprint density at radius 3 is 2.70 bits per heavy atom. The lowest BCUT2D eigenvalue weighted by atomic mass is 9.96.